The van der Waals surface area contributed by atoms with Crippen LogP contribution in [0.15, 0.2) is 97.5 Å². The van der Waals surface area contributed by atoms with E-state index in [2.05, 4.69) is 78.4 Å². The molecule has 6 aromatic rings. The molecule has 2 heterocycles. The minimum atomic E-state index is -2.05. The fourth-order valence-corrected chi connectivity index (χ4v) is 12.5. The number of aliphatic hydroxyl groups excluding tert-OH is 3. The Kier molecular flexibility index (Phi) is 35.2. The monoisotopic (exact) mass is 1570 g/mol. The molecular formula is C78H106FN17O17. The van der Waals surface area contributed by atoms with E-state index in [4.69, 9.17) is 16.2 Å². The highest BCUT2D eigenvalue weighted by molar-refractivity contribution is 6.06. The number of aromatic amines is 2. The Morgan fingerprint density at radius 1 is 0.664 bits per heavy atom. The van der Waals surface area contributed by atoms with Gasteiger partial charge in [-0.25, -0.2) is 9.37 Å². The van der Waals surface area contributed by atoms with Crippen molar-refractivity contribution in [3.63, 3.8) is 0 Å². The normalized spacial score (nSPS) is 14.3. The van der Waals surface area contributed by atoms with Crippen molar-refractivity contribution in [3.05, 3.63) is 148 Å². The van der Waals surface area contributed by atoms with Gasteiger partial charge in [0.05, 0.1) is 56.2 Å². The fourth-order valence-electron chi connectivity index (χ4n) is 12.5. The number of imidazole rings is 1. The van der Waals surface area contributed by atoms with Crippen molar-refractivity contribution in [3.8, 4) is 16.9 Å². The third-order valence-corrected chi connectivity index (χ3v) is 19.0. The van der Waals surface area contributed by atoms with Gasteiger partial charge in [-0.05, 0) is 158 Å². The second kappa shape index (κ2) is 44.0. The van der Waals surface area contributed by atoms with E-state index >= 15 is 4.39 Å². The maximum absolute atomic E-state index is 15.4. The van der Waals surface area contributed by atoms with Gasteiger partial charge in [0, 0.05) is 50.5 Å². The van der Waals surface area contributed by atoms with E-state index < -0.39 is 174 Å². The Labute approximate surface area is 653 Å². The molecule has 0 aliphatic carbocycles. The molecule has 0 aliphatic heterocycles. The van der Waals surface area contributed by atoms with E-state index in [1.54, 1.807) is 18.3 Å². The largest absolute Gasteiger partial charge is 0.494 e. The highest BCUT2D eigenvalue weighted by Crippen LogP contribution is 2.30. The molecule has 612 valence electrons. The molecule has 19 N–H and O–H groups in total. The number of Topliss-reactive ketones (excluding diaryl/α,β-unsaturated/α-hetero) is 1. The number of aromatic nitrogens is 6. The number of benzene rings is 4. The second-order valence-corrected chi connectivity index (χ2v) is 28.8. The highest BCUT2D eigenvalue weighted by Gasteiger charge is 2.42. The van der Waals surface area contributed by atoms with E-state index in [-0.39, 0.29) is 50.0 Å². The molecule has 0 aliphatic rings. The summed E-state index contributed by atoms with van der Waals surface area (Å²) in [5.41, 5.74) is 14.7. The summed E-state index contributed by atoms with van der Waals surface area (Å²) >= 11 is 0. The van der Waals surface area contributed by atoms with Gasteiger partial charge >= 0.3 is 5.97 Å². The molecule has 0 radical (unpaired) electrons. The first-order valence-corrected chi connectivity index (χ1v) is 37.4. The number of unbranched alkanes of at least 4 members (excludes halogenated alkanes) is 1. The summed E-state index contributed by atoms with van der Waals surface area (Å²) in [6, 6.07) is 14.1. The number of nitrogens with one attached hydrogen (secondary N) is 11. The molecular weight excluding hydrogens is 1470 g/mol. The SMILES string of the molecule is CCc1cc(OCCCCN)ccc1-c1ccc(C[C@H](NC(=O)[C@H](CC(=O)O)NC(=O)[C@H](CO)NC(=O)[C@@H](CCCC(=O)[C@](C)(Cc2ccccc2F)NC(=O)[C@@H](NC(=O)CNC(=O)[C@H](Cc2nn[nH]n2)NC(=O)C(C)(C)C(=O)NCCc2cnc[nH]2)[C@@H](C)O)[C@@H](C)O)C(=O)N[C@@H](CCCc2cc(C)cc(C)c2)C(N)=O)cc1. The summed E-state index contributed by atoms with van der Waals surface area (Å²) < 4.78 is 21.4. The first-order valence-electron chi connectivity index (χ1n) is 37.4. The number of tetrazole rings is 1. The number of carbonyl (C=O) groups excluding carboxylic acids is 11. The Hall–Kier alpha value is -11.4. The molecule has 10 atom stereocenters. The van der Waals surface area contributed by atoms with Crippen LogP contribution >= 0.6 is 0 Å². The molecule has 34 nitrogen and oxygen atoms in total. The molecule has 0 unspecified atom stereocenters. The number of ether oxygens (including phenoxy) is 1. The second-order valence-electron chi connectivity index (χ2n) is 28.8. The molecule has 0 saturated heterocycles. The molecule has 10 amide bonds. The Morgan fingerprint density at radius 2 is 1.33 bits per heavy atom. The van der Waals surface area contributed by atoms with Crippen LogP contribution < -0.4 is 64.1 Å². The number of amides is 10. The lowest BCUT2D eigenvalue weighted by Crippen LogP contribution is -2.62. The van der Waals surface area contributed by atoms with Crippen molar-refractivity contribution in [2.45, 2.75) is 199 Å². The number of H-pyrrole nitrogens is 2. The van der Waals surface area contributed by atoms with Crippen molar-refractivity contribution in [1.82, 2.24) is 78.4 Å². The maximum atomic E-state index is 15.4. The van der Waals surface area contributed by atoms with E-state index in [0.717, 1.165) is 64.9 Å². The van der Waals surface area contributed by atoms with E-state index in [0.29, 0.717) is 50.1 Å². The number of aryl methyl sites for hydroxylation is 4. The molecule has 2 aromatic heterocycles. The van der Waals surface area contributed by atoms with Crippen LogP contribution in [0.3, 0.4) is 0 Å². The number of carboxylic acid groups (broad SMARTS) is 1. The number of carbonyl (C=O) groups is 12. The number of nitrogens with zero attached hydrogens (tertiary/aromatic N) is 4. The van der Waals surface area contributed by atoms with Crippen LogP contribution in [0.5, 0.6) is 5.75 Å². The van der Waals surface area contributed by atoms with Crippen LogP contribution in [-0.4, -0.2) is 209 Å². The standard InChI is InChI=1S/C78H106FN17O17/c1-9-50-36-54(113-31-13-12-29-80)26-27-56(50)51-24-22-48(23-25-51)35-59(71(107)86-58(68(81)104)20-14-16-49-33-44(2)32-45(3)34-49)87-72(108)61(38-66(102)103)88-73(109)62(42-97)89-69(105)55(46(4)98)18-15-21-63(100)78(8,39-52-17-10-11-19-57(52)79)92-74(110)67(47(5)99)91-65(101)41-84-70(106)60(37-64-93-95-96-94-64)90-76(112)77(6,7)75(111)83-30-28-53-40-82-43-85-53/h10-11,17,19,22-27,32-34,36,40,43,46-47,55,58-62,67,97-99H,9,12-16,18,20-21,28-31,35,37-39,41-42,80H2,1-8H3,(H2,81,104)(H,82,85)(H,83,111)(H,84,106)(H,86,107)(H,87,108)(H,88,109)(H,89,105)(H,90,112)(H,91,101)(H,92,110)(H,102,103)(H,93,94,95,96)/t46-,47-,55+,58+,59+,60+,61+,62+,67+,78+/m1/s1. The smallest absolute Gasteiger partial charge is 0.305 e. The van der Waals surface area contributed by atoms with Gasteiger partial charge in [-0.1, -0.05) is 90.0 Å². The maximum Gasteiger partial charge on any atom is 0.305 e. The van der Waals surface area contributed by atoms with Gasteiger partial charge in [0.1, 0.15) is 53.2 Å². The van der Waals surface area contributed by atoms with Gasteiger partial charge < -0.3 is 89.5 Å². The Morgan fingerprint density at radius 3 is 1.95 bits per heavy atom. The molecule has 0 bridgehead atoms. The number of aliphatic carboxylic acids is 1. The number of carboxylic acids is 1. The molecule has 0 fully saturated rings. The number of ketones is 1. The number of primary amides is 1. The molecule has 0 saturated carbocycles. The summed E-state index contributed by atoms with van der Waals surface area (Å²) in [4.78, 5) is 172. The van der Waals surface area contributed by atoms with Gasteiger partial charge in [0.2, 0.25) is 59.1 Å². The number of aliphatic hydroxyl groups is 3. The Balaban J connectivity index is 1.12. The third kappa shape index (κ3) is 28.4. The zero-order valence-corrected chi connectivity index (χ0v) is 64.8. The quantitative estimate of drug-likeness (QED) is 0.0182. The van der Waals surface area contributed by atoms with Crippen molar-refractivity contribution >= 4 is 70.8 Å². The van der Waals surface area contributed by atoms with Gasteiger partial charge in [-0.2, -0.15) is 5.21 Å². The van der Waals surface area contributed by atoms with E-state index in [1.807, 2.05) is 69.3 Å². The number of halogens is 1. The number of nitrogens with two attached hydrogens (primary N) is 2. The summed E-state index contributed by atoms with van der Waals surface area (Å²) in [5.74, 6) is -14.0. The first kappa shape index (κ1) is 90.5. The predicted octanol–water partition coefficient (Wildman–Crippen LogP) is 0.431. The van der Waals surface area contributed by atoms with Crippen molar-refractivity contribution in [2.75, 3.05) is 32.8 Å². The van der Waals surface area contributed by atoms with E-state index in [9.17, 15) is 78.0 Å². The van der Waals surface area contributed by atoms with Crippen molar-refractivity contribution in [2.24, 2.45) is 22.8 Å². The van der Waals surface area contributed by atoms with Crippen LogP contribution in [0, 0.1) is 31.0 Å². The third-order valence-electron chi connectivity index (χ3n) is 19.0. The predicted molar refractivity (Wildman–Crippen MR) is 410 cm³/mol. The minimum absolute atomic E-state index is 0.0404. The number of hydrogen-bond donors (Lipinski definition) is 17. The first-order chi connectivity index (χ1) is 53.6. The molecule has 4 aromatic carbocycles. The fraction of sp³-hybridized carbons (Fsp3) is 0.487. The van der Waals surface area contributed by atoms with Crippen LogP contribution in [0.2, 0.25) is 0 Å². The molecule has 0 spiro atoms. The lowest BCUT2D eigenvalue weighted by atomic mass is 9.84. The van der Waals surface area contributed by atoms with E-state index in [1.165, 1.54) is 52.2 Å². The topological polar surface area (TPSA) is 538 Å². The molecule has 113 heavy (non-hydrogen) atoms. The minimum Gasteiger partial charge on any atom is -0.494 e. The Bertz CT molecular complexity index is 4200. The average Bonchev–Trinajstić information content (AvgIpc) is 1.38. The van der Waals surface area contributed by atoms with Crippen LogP contribution in [-0.2, 0) is 96.1 Å². The summed E-state index contributed by atoms with van der Waals surface area (Å²) in [6.45, 7) is 11.3. The van der Waals surface area contributed by atoms with Crippen molar-refractivity contribution < 1.29 is 87.1 Å². The highest BCUT2D eigenvalue weighted by atomic mass is 19.1. The number of rotatable bonds is 48. The van der Waals surface area contributed by atoms with Crippen LogP contribution in [0.1, 0.15) is 138 Å². The lowest BCUT2D eigenvalue weighted by Gasteiger charge is -2.33. The molecule has 6 rings (SSSR count). The average molecular weight is 1570 g/mol. The van der Waals surface area contributed by atoms with Crippen molar-refractivity contribution in [1.29, 1.82) is 0 Å². The zero-order valence-electron chi connectivity index (χ0n) is 64.8. The summed E-state index contributed by atoms with van der Waals surface area (Å²) in [5, 5.41) is 78.0. The lowest BCUT2D eigenvalue weighted by molar-refractivity contribution is -0.143. The van der Waals surface area contributed by atoms with Gasteiger partial charge in [0.25, 0.3) is 0 Å². The van der Waals surface area contributed by atoms with Gasteiger partial charge in [-0.3, -0.25) is 57.5 Å². The van der Waals surface area contributed by atoms with Gasteiger partial charge in [-0.15, -0.1) is 10.2 Å². The zero-order chi connectivity index (χ0) is 83.1. The molecule has 35 heteroatoms. The van der Waals surface area contributed by atoms with Gasteiger partial charge in [0.15, 0.2) is 11.6 Å². The summed E-state index contributed by atoms with van der Waals surface area (Å²) in [7, 11) is 0. The van der Waals surface area contributed by atoms with Crippen LogP contribution in [0.4, 0.5) is 4.39 Å². The summed E-state index contributed by atoms with van der Waals surface area (Å²) in [6.07, 6.45) is 0.249. The van der Waals surface area contributed by atoms with Crippen LogP contribution in [0.25, 0.3) is 11.1 Å². The number of hydrogen-bond acceptors (Lipinski definition) is 21.